The molecule has 0 amide bonds. The normalized spacial score (nSPS) is 12.7. The molecule has 3 aromatic carbocycles. The van der Waals surface area contributed by atoms with Crippen LogP contribution in [0.15, 0.2) is 91.0 Å². The lowest BCUT2D eigenvalue weighted by atomic mass is 9.84. The van der Waals surface area contributed by atoms with E-state index < -0.39 is 16.8 Å². The second-order valence-electron chi connectivity index (χ2n) is 6.91. The molecular weight excluding hydrogens is 366 g/mol. The lowest BCUT2D eigenvalue weighted by Crippen LogP contribution is -2.39. The summed E-state index contributed by atoms with van der Waals surface area (Å²) in [5.41, 5.74) is 3.42. The number of hydrogen-bond donors (Lipinski definition) is 1. The Balaban J connectivity index is 2.18. The number of nitrogens with zero attached hydrogens (tertiary/aromatic N) is 1. The van der Waals surface area contributed by atoms with Crippen LogP contribution in [0, 0.1) is 0 Å². The fourth-order valence-corrected chi connectivity index (χ4v) is 5.17. The Morgan fingerprint density at radius 2 is 1.18 bits per heavy atom. The maximum Gasteiger partial charge on any atom is 0.321 e. The number of carboxylic acids is 1. The summed E-state index contributed by atoms with van der Waals surface area (Å²) in [6.07, 6.45) is 0. The molecule has 1 N–H and O–H groups in total. The number of likely N-dealkylation sites (N-methyl/N-ethyl adjacent to an activating group) is 1. The zero-order valence-corrected chi connectivity index (χ0v) is 17.0. The number of carbonyl (C=O) groups is 1. The van der Waals surface area contributed by atoms with Gasteiger partial charge >= 0.3 is 5.97 Å². The molecule has 0 saturated carbocycles. The van der Waals surface area contributed by atoms with Gasteiger partial charge in [0, 0.05) is 5.75 Å². The molecule has 0 aliphatic rings. The van der Waals surface area contributed by atoms with Crippen molar-refractivity contribution in [3.05, 3.63) is 108 Å². The highest BCUT2D eigenvalue weighted by Gasteiger charge is 2.38. The van der Waals surface area contributed by atoms with Gasteiger partial charge in [-0.2, -0.15) is 0 Å². The SMILES string of the molecule is CN(C)[C@@H](CSC(c1ccccc1)(c1ccccc1)c1ccccc1)C(=O)O. The van der Waals surface area contributed by atoms with Gasteiger partial charge in [0.2, 0.25) is 0 Å². The van der Waals surface area contributed by atoms with Crippen LogP contribution < -0.4 is 0 Å². The quantitative estimate of drug-likeness (QED) is 0.564. The Kier molecular flexibility index (Phi) is 6.55. The van der Waals surface area contributed by atoms with Crippen LogP contribution in [0.2, 0.25) is 0 Å². The molecule has 0 aliphatic heterocycles. The molecule has 3 rings (SSSR count). The van der Waals surface area contributed by atoms with Crippen molar-refractivity contribution in [1.82, 2.24) is 4.90 Å². The lowest BCUT2D eigenvalue weighted by molar-refractivity contribution is -0.141. The van der Waals surface area contributed by atoms with E-state index in [0.29, 0.717) is 5.75 Å². The van der Waals surface area contributed by atoms with Crippen LogP contribution >= 0.6 is 11.8 Å². The molecule has 0 radical (unpaired) electrons. The summed E-state index contributed by atoms with van der Waals surface area (Å²) < 4.78 is -0.493. The van der Waals surface area contributed by atoms with Crippen LogP contribution in [-0.2, 0) is 9.54 Å². The van der Waals surface area contributed by atoms with Crippen molar-refractivity contribution in [3.63, 3.8) is 0 Å². The van der Waals surface area contributed by atoms with Gasteiger partial charge in [0.15, 0.2) is 0 Å². The van der Waals surface area contributed by atoms with Gasteiger partial charge in [-0.3, -0.25) is 9.69 Å². The number of benzene rings is 3. The number of hydrogen-bond acceptors (Lipinski definition) is 3. The van der Waals surface area contributed by atoms with Crippen molar-refractivity contribution in [2.45, 2.75) is 10.8 Å². The van der Waals surface area contributed by atoms with Crippen molar-refractivity contribution in [1.29, 1.82) is 0 Å². The monoisotopic (exact) mass is 391 g/mol. The van der Waals surface area contributed by atoms with Crippen molar-refractivity contribution >= 4 is 17.7 Å². The van der Waals surface area contributed by atoms with E-state index in [9.17, 15) is 9.90 Å². The van der Waals surface area contributed by atoms with Crippen molar-refractivity contribution in [3.8, 4) is 0 Å². The van der Waals surface area contributed by atoms with Crippen LogP contribution in [0.4, 0.5) is 0 Å². The summed E-state index contributed by atoms with van der Waals surface area (Å²) in [7, 11) is 3.63. The van der Waals surface area contributed by atoms with Gasteiger partial charge in [0.05, 0.1) is 4.75 Å². The van der Waals surface area contributed by atoms with Gasteiger partial charge in [0.1, 0.15) is 6.04 Å². The Labute approximate surface area is 171 Å². The van der Waals surface area contributed by atoms with E-state index in [-0.39, 0.29) is 0 Å². The van der Waals surface area contributed by atoms with Crippen molar-refractivity contribution in [2.24, 2.45) is 0 Å². The molecule has 0 bridgehead atoms. The van der Waals surface area contributed by atoms with Gasteiger partial charge < -0.3 is 5.11 Å². The first-order valence-electron chi connectivity index (χ1n) is 9.25. The lowest BCUT2D eigenvalue weighted by Gasteiger charge is -2.36. The molecule has 3 nitrogen and oxygen atoms in total. The number of carboxylic acid groups (broad SMARTS) is 1. The highest BCUT2D eigenvalue weighted by atomic mass is 32.2. The molecule has 0 fully saturated rings. The van der Waals surface area contributed by atoms with E-state index in [1.54, 1.807) is 16.7 Å². The Morgan fingerprint density at radius 3 is 1.46 bits per heavy atom. The topological polar surface area (TPSA) is 40.5 Å². The molecule has 0 heterocycles. The third-order valence-corrected chi connectivity index (χ3v) is 6.53. The third kappa shape index (κ3) is 4.13. The minimum atomic E-state index is -0.805. The first-order valence-corrected chi connectivity index (χ1v) is 10.2. The summed E-state index contributed by atoms with van der Waals surface area (Å²) in [4.78, 5) is 13.6. The minimum absolute atomic E-state index is 0.459. The van der Waals surface area contributed by atoms with Crippen LogP contribution in [0.1, 0.15) is 16.7 Å². The molecule has 0 spiro atoms. The van der Waals surface area contributed by atoms with Crippen LogP contribution in [0.5, 0.6) is 0 Å². The van der Waals surface area contributed by atoms with Crippen LogP contribution in [0.25, 0.3) is 0 Å². The van der Waals surface area contributed by atoms with E-state index >= 15 is 0 Å². The van der Waals surface area contributed by atoms with E-state index in [4.69, 9.17) is 0 Å². The van der Waals surface area contributed by atoms with Crippen LogP contribution in [-0.4, -0.2) is 41.9 Å². The third-order valence-electron chi connectivity index (χ3n) is 4.91. The molecule has 0 aromatic heterocycles. The van der Waals surface area contributed by atoms with Gasteiger partial charge in [-0.1, -0.05) is 91.0 Å². The molecule has 0 unspecified atom stereocenters. The van der Waals surface area contributed by atoms with Crippen LogP contribution in [0.3, 0.4) is 0 Å². The van der Waals surface area contributed by atoms with E-state index in [1.165, 1.54) is 0 Å². The zero-order valence-electron chi connectivity index (χ0n) is 16.2. The maximum atomic E-state index is 11.8. The second kappa shape index (κ2) is 9.09. The number of rotatable bonds is 8. The van der Waals surface area contributed by atoms with Gasteiger partial charge in [-0.25, -0.2) is 0 Å². The summed E-state index contributed by atoms with van der Waals surface area (Å²) in [5, 5.41) is 9.70. The minimum Gasteiger partial charge on any atom is -0.480 e. The average Bonchev–Trinajstić information content (AvgIpc) is 2.73. The molecule has 0 aliphatic carbocycles. The zero-order chi connectivity index (χ0) is 20.0. The predicted molar refractivity (Wildman–Crippen MR) is 117 cm³/mol. The second-order valence-corrected chi connectivity index (χ2v) is 8.14. The number of aliphatic carboxylic acids is 1. The van der Waals surface area contributed by atoms with E-state index in [1.807, 2.05) is 68.7 Å². The predicted octanol–water partition coefficient (Wildman–Crippen LogP) is 4.73. The molecular formula is C24H25NO2S. The molecule has 28 heavy (non-hydrogen) atoms. The smallest absolute Gasteiger partial charge is 0.321 e. The maximum absolute atomic E-state index is 11.8. The largest absolute Gasteiger partial charge is 0.480 e. The van der Waals surface area contributed by atoms with Gasteiger partial charge in [0.25, 0.3) is 0 Å². The molecule has 3 aromatic rings. The average molecular weight is 392 g/mol. The fourth-order valence-electron chi connectivity index (χ4n) is 3.41. The molecule has 144 valence electrons. The summed E-state index contributed by atoms with van der Waals surface area (Å²) in [6, 6.07) is 30.4. The Morgan fingerprint density at radius 1 is 0.821 bits per heavy atom. The van der Waals surface area contributed by atoms with Gasteiger partial charge in [-0.05, 0) is 30.8 Å². The summed E-state index contributed by atoms with van der Waals surface area (Å²) in [5.74, 6) is -0.346. The molecule has 1 atom stereocenters. The van der Waals surface area contributed by atoms with Gasteiger partial charge in [-0.15, -0.1) is 11.8 Å². The highest BCUT2D eigenvalue weighted by Crippen LogP contribution is 2.48. The summed E-state index contributed by atoms with van der Waals surface area (Å²) >= 11 is 1.67. The first-order chi connectivity index (χ1) is 13.6. The Hall–Kier alpha value is -2.56. The summed E-state index contributed by atoms with van der Waals surface area (Å²) in [6.45, 7) is 0. The highest BCUT2D eigenvalue weighted by molar-refractivity contribution is 8.00. The first kappa shape index (κ1) is 20.2. The molecule has 4 heteroatoms. The van der Waals surface area contributed by atoms with E-state index in [2.05, 4.69) is 36.4 Å². The van der Waals surface area contributed by atoms with Crippen molar-refractivity contribution < 1.29 is 9.90 Å². The van der Waals surface area contributed by atoms with Crippen molar-refractivity contribution in [2.75, 3.05) is 19.8 Å². The number of thioether (sulfide) groups is 1. The Bertz CT molecular complexity index is 786. The van der Waals surface area contributed by atoms with E-state index in [0.717, 1.165) is 16.7 Å². The molecule has 0 saturated heterocycles. The fraction of sp³-hybridized carbons (Fsp3) is 0.208. The standard InChI is InChI=1S/C24H25NO2S/c1-25(2)22(23(26)27)18-28-24(19-12-6-3-7-13-19,20-14-8-4-9-15-20)21-16-10-5-11-17-21/h3-17,22H,18H2,1-2H3,(H,26,27)/t22-/m0/s1.